The van der Waals surface area contributed by atoms with Gasteiger partial charge in [-0.2, -0.15) is 4.98 Å². The van der Waals surface area contributed by atoms with Crippen molar-refractivity contribution in [2.75, 3.05) is 5.32 Å². The van der Waals surface area contributed by atoms with E-state index in [0.717, 1.165) is 31.8 Å². The highest BCUT2D eigenvalue weighted by molar-refractivity contribution is 7.18. The van der Waals surface area contributed by atoms with Gasteiger partial charge in [-0.05, 0) is 49.2 Å². The molecular formula is C23H23ClN6O3S. The molecule has 0 aliphatic carbocycles. The number of nitrogens with zero attached hydrogens (tertiary/aromatic N) is 4. The monoisotopic (exact) mass is 498 g/mol. The number of hydrogen-bond donors (Lipinski definition) is 2. The van der Waals surface area contributed by atoms with Gasteiger partial charge in [0.15, 0.2) is 0 Å². The van der Waals surface area contributed by atoms with Crippen molar-refractivity contribution in [2.45, 2.75) is 39.4 Å². The van der Waals surface area contributed by atoms with Crippen LogP contribution in [0.4, 0.5) is 11.6 Å². The molecule has 0 fully saturated rings. The summed E-state index contributed by atoms with van der Waals surface area (Å²) in [6, 6.07) is 12.3. The lowest BCUT2D eigenvalue weighted by Crippen LogP contribution is -2.46. The molecule has 34 heavy (non-hydrogen) atoms. The summed E-state index contributed by atoms with van der Waals surface area (Å²) >= 11 is 7.60. The number of nitrogens with one attached hydrogen (secondary N) is 2. The summed E-state index contributed by atoms with van der Waals surface area (Å²) in [4.78, 5) is 45.6. The fraction of sp³-hybridized carbons (Fsp3) is 0.261. The summed E-state index contributed by atoms with van der Waals surface area (Å²) in [7, 11) is 0. The van der Waals surface area contributed by atoms with Crippen LogP contribution in [0.2, 0.25) is 5.02 Å². The molecule has 0 saturated heterocycles. The zero-order valence-electron chi connectivity index (χ0n) is 18.6. The smallest absolute Gasteiger partial charge is 0.354 e. The van der Waals surface area contributed by atoms with Crippen LogP contribution in [0.1, 0.15) is 24.4 Å². The molecule has 176 valence electrons. The normalized spacial score (nSPS) is 12.0. The summed E-state index contributed by atoms with van der Waals surface area (Å²) in [5.74, 6) is 0.122. The topological polar surface area (TPSA) is 111 Å². The van der Waals surface area contributed by atoms with Gasteiger partial charge in [-0.15, -0.1) is 11.3 Å². The van der Waals surface area contributed by atoms with E-state index < -0.39 is 17.4 Å². The Kier molecular flexibility index (Phi) is 7.09. The number of carbonyl (C=O) groups is 1. The van der Waals surface area contributed by atoms with Gasteiger partial charge in [-0.25, -0.2) is 19.1 Å². The van der Waals surface area contributed by atoms with Crippen LogP contribution in [0.15, 0.2) is 52.1 Å². The Morgan fingerprint density at radius 1 is 1.12 bits per heavy atom. The summed E-state index contributed by atoms with van der Waals surface area (Å²) in [5.41, 5.74) is 1.15. The maximum Gasteiger partial charge on any atom is 0.355 e. The van der Waals surface area contributed by atoms with Gasteiger partial charge >= 0.3 is 11.4 Å². The number of halogens is 1. The first-order valence-corrected chi connectivity index (χ1v) is 11.9. The van der Waals surface area contributed by atoms with E-state index in [1.165, 1.54) is 4.57 Å². The van der Waals surface area contributed by atoms with Crippen molar-refractivity contribution < 1.29 is 4.79 Å². The van der Waals surface area contributed by atoms with E-state index in [4.69, 9.17) is 11.6 Å². The Morgan fingerprint density at radius 2 is 1.88 bits per heavy atom. The van der Waals surface area contributed by atoms with Crippen molar-refractivity contribution in [3.63, 3.8) is 0 Å². The van der Waals surface area contributed by atoms with Crippen molar-refractivity contribution in [3.8, 4) is 0 Å². The Balaban J connectivity index is 1.76. The largest absolute Gasteiger partial charge is 0.355 e. The molecule has 11 heteroatoms. The third kappa shape index (κ3) is 5.18. The molecule has 0 bridgehead atoms. The number of anilines is 2. The first-order chi connectivity index (χ1) is 16.4. The SMILES string of the molecule is CCc1nc2ccc(Nc3nc(=O)n(CC(C)NC=O)c(=O)n3Cc3ccc(Cl)cc3)cc2s1. The number of aryl methyl sites for hydroxylation is 1. The minimum atomic E-state index is -0.702. The maximum atomic E-state index is 13.4. The molecule has 2 N–H and O–H groups in total. The van der Waals surface area contributed by atoms with E-state index >= 15 is 0 Å². The molecule has 4 aromatic rings. The molecule has 1 atom stereocenters. The van der Waals surface area contributed by atoms with Crippen LogP contribution in [0, 0.1) is 0 Å². The zero-order chi connectivity index (χ0) is 24.2. The third-order valence-corrected chi connectivity index (χ3v) is 6.62. The van der Waals surface area contributed by atoms with Crippen molar-refractivity contribution in [2.24, 2.45) is 0 Å². The number of aromatic nitrogens is 4. The molecule has 4 rings (SSSR count). The minimum Gasteiger partial charge on any atom is -0.354 e. The van der Waals surface area contributed by atoms with Crippen LogP contribution in [0.25, 0.3) is 10.2 Å². The van der Waals surface area contributed by atoms with Crippen LogP contribution in [-0.4, -0.2) is 31.6 Å². The van der Waals surface area contributed by atoms with Crippen molar-refractivity contribution in [3.05, 3.63) is 79.0 Å². The van der Waals surface area contributed by atoms with E-state index in [1.807, 2.05) is 18.2 Å². The minimum absolute atomic E-state index is 0.00305. The summed E-state index contributed by atoms with van der Waals surface area (Å²) in [5, 5.41) is 7.29. The second-order valence-corrected chi connectivity index (χ2v) is 9.33. The van der Waals surface area contributed by atoms with Crippen molar-refractivity contribution >= 4 is 51.2 Å². The first-order valence-electron chi connectivity index (χ1n) is 10.7. The Morgan fingerprint density at radius 3 is 2.59 bits per heavy atom. The predicted octanol–water partition coefficient (Wildman–Crippen LogP) is 3.16. The van der Waals surface area contributed by atoms with Gasteiger partial charge in [0.05, 0.1) is 28.3 Å². The first kappa shape index (κ1) is 23.7. The summed E-state index contributed by atoms with van der Waals surface area (Å²) in [6.07, 6.45) is 1.38. The van der Waals surface area contributed by atoms with E-state index in [9.17, 15) is 14.4 Å². The van der Waals surface area contributed by atoms with E-state index in [-0.39, 0.29) is 19.0 Å². The number of rotatable bonds is 9. The van der Waals surface area contributed by atoms with Gasteiger partial charge in [0.25, 0.3) is 0 Å². The molecule has 0 spiro atoms. The summed E-state index contributed by atoms with van der Waals surface area (Å²) in [6.45, 7) is 3.92. The predicted molar refractivity (Wildman–Crippen MR) is 134 cm³/mol. The molecule has 0 radical (unpaired) electrons. The van der Waals surface area contributed by atoms with E-state index in [1.54, 1.807) is 42.5 Å². The van der Waals surface area contributed by atoms with Gasteiger partial charge in [0, 0.05) is 16.8 Å². The van der Waals surface area contributed by atoms with Crippen molar-refractivity contribution in [1.29, 1.82) is 0 Å². The number of benzene rings is 2. The van der Waals surface area contributed by atoms with Gasteiger partial charge < -0.3 is 10.6 Å². The molecule has 0 saturated carbocycles. The quantitative estimate of drug-likeness (QED) is 0.343. The Hall–Kier alpha value is -3.50. The molecule has 1 unspecified atom stereocenters. The Bertz CT molecular complexity index is 1440. The number of amides is 1. The van der Waals surface area contributed by atoms with Gasteiger partial charge in [0.2, 0.25) is 12.4 Å². The summed E-state index contributed by atoms with van der Waals surface area (Å²) < 4.78 is 3.41. The molecule has 2 aromatic carbocycles. The van der Waals surface area contributed by atoms with Gasteiger partial charge in [-0.1, -0.05) is 30.7 Å². The molecular weight excluding hydrogens is 476 g/mol. The highest BCUT2D eigenvalue weighted by Gasteiger charge is 2.16. The maximum absolute atomic E-state index is 13.4. The molecule has 0 aliphatic rings. The molecule has 2 aromatic heterocycles. The number of fused-ring (bicyclic) bond motifs is 1. The second-order valence-electron chi connectivity index (χ2n) is 7.78. The van der Waals surface area contributed by atoms with Gasteiger partial charge in [0.1, 0.15) is 0 Å². The lowest BCUT2D eigenvalue weighted by Gasteiger charge is -2.17. The zero-order valence-corrected chi connectivity index (χ0v) is 20.2. The van der Waals surface area contributed by atoms with Crippen LogP contribution in [0.5, 0.6) is 0 Å². The highest BCUT2D eigenvalue weighted by atomic mass is 35.5. The average Bonchev–Trinajstić information content (AvgIpc) is 3.23. The number of carbonyl (C=O) groups excluding carboxylic acids is 1. The standard InChI is InChI=1S/C23H23ClN6O3S/c1-3-20-27-18-9-8-17(10-19(18)34-20)26-21-28-22(32)30(11-14(2)25-13-31)23(33)29(21)12-15-4-6-16(24)7-5-15/h4-10,13-14H,3,11-12H2,1-2H3,(H,25,31)(H,26,28,32). The van der Waals surface area contributed by atoms with E-state index in [0.29, 0.717) is 17.1 Å². The average molecular weight is 499 g/mol. The fourth-order valence-electron chi connectivity index (χ4n) is 3.47. The highest BCUT2D eigenvalue weighted by Crippen LogP contribution is 2.26. The van der Waals surface area contributed by atoms with Crippen LogP contribution < -0.4 is 22.0 Å². The van der Waals surface area contributed by atoms with E-state index in [2.05, 4.69) is 27.5 Å². The lowest BCUT2D eigenvalue weighted by atomic mass is 10.2. The van der Waals surface area contributed by atoms with Crippen LogP contribution >= 0.6 is 22.9 Å². The molecule has 2 heterocycles. The number of hydrogen-bond acceptors (Lipinski definition) is 7. The molecule has 0 aliphatic heterocycles. The number of thiazole rings is 1. The fourth-order valence-corrected chi connectivity index (χ4v) is 4.54. The third-order valence-electron chi connectivity index (χ3n) is 5.20. The molecule has 9 nitrogen and oxygen atoms in total. The second kappa shape index (κ2) is 10.2. The van der Waals surface area contributed by atoms with Gasteiger partial charge in [-0.3, -0.25) is 9.36 Å². The van der Waals surface area contributed by atoms with Crippen molar-refractivity contribution in [1.82, 2.24) is 24.4 Å². The molecule has 1 amide bonds. The Labute approximate surface area is 204 Å². The van der Waals surface area contributed by atoms with Crippen LogP contribution in [-0.2, 0) is 24.3 Å². The lowest BCUT2D eigenvalue weighted by molar-refractivity contribution is -0.110. The van der Waals surface area contributed by atoms with Crippen LogP contribution in [0.3, 0.4) is 0 Å².